The lowest BCUT2D eigenvalue weighted by Gasteiger charge is -2.19. The molecule has 28 heavy (non-hydrogen) atoms. The van der Waals surface area contributed by atoms with Crippen LogP contribution in [0.25, 0.3) is 0 Å². The lowest BCUT2D eigenvalue weighted by Crippen LogP contribution is -2.42. The zero-order valence-corrected chi connectivity index (χ0v) is 19.4. The van der Waals surface area contributed by atoms with Crippen LogP contribution in [0.1, 0.15) is 31.9 Å². The summed E-state index contributed by atoms with van der Waals surface area (Å²) in [5, 5.41) is 5.86. The van der Waals surface area contributed by atoms with Crippen LogP contribution in [0.3, 0.4) is 0 Å². The van der Waals surface area contributed by atoms with Crippen molar-refractivity contribution in [2.75, 3.05) is 31.9 Å². The summed E-state index contributed by atoms with van der Waals surface area (Å²) in [4.78, 5) is 4.23. The molecule has 0 aliphatic carbocycles. The lowest BCUT2D eigenvalue weighted by molar-refractivity contribution is -0.137. The highest BCUT2D eigenvalue weighted by Gasteiger charge is 2.30. The van der Waals surface area contributed by atoms with E-state index in [0.717, 1.165) is 12.1 Å². The molecule has 0 aliphatic rings. The van der Waals surface area contributed by atoms with Gasteiger partial charge in [-0.1, -0.05) is 26.0 Å². The van der Waals surface area contributed by atoms with Gasteiger partial charge in [0.25, 0.3) is 0 Å². The molecule has 1 aromatic carbocycles. The van der Waals surface area contributed by atoms with E-state index < -0.39 is 21.8 Å². The van der Waals surface area contributed by atoms with Crippen molar-refractivity contribution < 1.29 is 21.6 Å². The van der Waals surface area contributed by atoms with Crippen LogP contribution in [0.5, 0.6) is 0 Å². The second-order valence-electron chi connectivity index (χ2n) is 5.72. The van der Waals surface area contributed by atoms with E-state index in [1.807, 2.05) is 6.92 Å². The van der Waals surface area contributed by atoms with E-state index in [2.05, 4.69) is 15.6 Å². The van der Waals surface area contributed by atoms with Crippen LogP contribution in [0, 0.1) is 0 Å². The van der Waals surface area contributed by atoms with Gasteiger partial charge in [0.1, 0.15) is 0 Å². The molecule has 1 aromatic rings. The Kier molecular flexibility index (Phi) is 12.0. The number of halogens is 4. The molecule has 0 aromatic heterocycles. The molecule has 0 aliphatic heterocycles. The molecule has 0 amide bonds. The Hall–Kier alpha value is -1.08. The summed E-state index contributed by atoms with van der Waals surface area (Å²) in [5.41, 5.74) is -0.309. The molecule has 1 rings (SSSR count). The minimum absolute atomic E-state index is 0. The summed E-state index contributed by atoms with van der Waals surface area (Å²) in [6.07, 6.45) is -4.40. The molecule has 0 bridgehead atoms. The van der Waals surface area contributed by atoms with Crippen molar-refractivity contribution >= 4 is 40.0 Å². The summed E-state index contributed by atoms with van der Waals surface area (Å²) in [6, 6.07) is 4.96. The van der Waals surface area contributed by atoms with Gasteiger partial charge in [-0.2, -0.15) is 13.2 Å². The third kappa shape index (κ3) is 8.95. The molecule has 2 N–H and O–H groups in total. The zero-order valence-electron chi connectivity index (χ0n) is 16.2. The predicted octanol–water partition coefficient (Wildman–Crippen LogP) is 3.05. The Morgan fingerprint density at radius 3 is 2.32 bits per heavy atom. The fourth-order valence-corrected chi connectivity index (χ4v) is 3.81. The number of sulfonamides is 1. The van der Waals surface area contributed by atoms with Crippen LogP contribution in [-0.2, 0) is 22.7 Å². The maximum absolute atomic E-state index is 12.8. The zero-order chi connectivity index (χ0) is 20.5. The highest BCUT2D eigenvalue weighted by molar-refractivity contribution is 14.0. The SMILES string of the molecule is CCNC(=NCc1cccc(C(F)(F)F)c1)NCCS(=O)(=O)N(CC)CC.I. The van der Waals surface area contributed by atoms with Crippen molar-refractivity contribution in [3.05, 3.63) is 35.4 Å². The van der Waals surface area contributed by atoms with Gasteiger partial charge in [-0.05, 0) is 24.6 Å². The van der Waals surface area contributed by atoms with Gasteiger partial charge < -0.3 is 10.6 Å². The molecular formula is C17H28F3IN4O2S. The molecule has 0 fully saturated rings. The van der Waals surface area contributed by atoms with Gasteiger partial charge in [-0.15, -0.1) is 24.0 Å². The summed E-state index contributed by atoms with van der Waals surface area (Å²) >= 11 is 0. The third-order valence-corrected chi connectivity index (χ3v) is 5.79. The van der Waals surface area contributed by atoms with E-state index in [1.165, 1.54) is 10.4 Å². The van der Waals surface area contributed by atoms with Crippen molar-refractivity contribution in [2.45, 2.75) is 33.5 Å². The van der Waals surface area contributed by atoms with Crippen LogP contribution in [0.2, 0.25) is 0 Å². The number of nitrogens with zero attached hydrogens (tertiary/aromatic N) is 2. The molecular weight excluding hydrogens is 508 g/mol. The van der Waals surface area contributed by atoms with Crippen LogP contribution in [0.15, 0.2) is 29.3 Å². The second kappa shape index (κ2) is 12.5. The molecule has 0 saturated carbocycles. The molecule has 0 spiro atoms. The first-order valence-electron chi connectivity index (χ1n) is 8.80. The number of nitrogens with one attached hydrogen (secondary N) is 2. The maximum atomic E-state index is 12.8. The first-order chi connectivity index (χ1) is 12.6. The second-order valence-corrected chi connectivity index (χ2v) is 7.81. The van der Waals surface area contributed by atoms with E-state index in [9.17, 15) is 21.6 Å². The minimum atomic E-state index is -4.40. The van der Waals surface area contributed by atoms with Crippen LogP contribution in [0.4, 0.5) is 13.2 Å². The standard InChI is InChI=1S/C17H27F3N4O2S.HI/c1-4-21-16(22-10-11-27(25,26)24(5-2)6-3)23-13-14-8-7-9-15(12-14)17(18,19)20;/h7-9,12H,4-6,10-11,13H2,1-3H3,(H2,21,22,23);1H. The molecule has 0 radical (unpaired) electrons. The van der Waals surface area contributed by atoms with E-state index in [0.29, 0.717) is 31.2 Å². The number of hydrogen-bond donors (Lipinski definition) is 2. The van der Waals surface area contributed by atoms with Gasteiger partial charge in [0, 0.05) is 26.2 Å². The summed E-state index contributed by atoms with van der Waals surface area (Å²) in [5.74, 6) is 0.257. The van der Waals surface area contributed by atoms with Gasteiger partial charge >= 0.3 is 6.18 Å². The lowest BCUT2D eigenvalue weighted by atomic mass is 10.1. The fraction of sp³-hybridized carbons (Fsp3) is 0.588. The van der Waals surface area contributed by atoms with E-state index in [-0.39, 0.29) is 42.8 Å². The van der Waals surface area contributed by atoms with Crippen molar-refractivity contribution in [1.82, 2.24) is 14.9 Å². The number of rotatable bonds is 9. The Bertz CT molecular complexity index is 723. The topological polar surface area (TPSA) is 73.8 Å². The van der Waals surface area contributed by atoms with Gasteiger partial charge in [0.05, 0.1) is 17.9 Å². The van der Waals surface area contributed by atoms with Crippen molar-refractivity contribution in [3.63, 3.8) is 0 Å². The van der Waals surface area contributed by atoms with Gasteiger partial charge in [0.15, 0.2) is 5.96 Å². The first kappa shape index (κ1) is 26.9. The molecule has 0 heterocycles. The molecule has 0 unspecified atom stereocenters. The van der Waals surface area contributed by atoms with Crippen LogP contribution in [-0.4, -0.2) is 50.6 Å². The summed E-state index contributed by atoms with van der Waals surface area (Å²) in [6.45, 7) is 6.93. The average Bonchev–Trinajstić information content (AvgIpc) is 2.60. The number of alkyl halides is 3. The molecule has 162 valence electrons. The number of hydrogen-bond acceptors (Lipinski definition) is 3. The summed E-state index contributed by atoms with van der Waals surface area (Å²) < 4.78 is 64.0. The Balaban J connectivity index is 0.00000729. The molecule has 6 nitrogen and oxygen atoms in total. The number of benzene rings is 1. The quantitative estimate of drug-likeness (QED) is 0.289. The van der Waals surface area contributed by atoms with Crippen molar-refractivity contribution in [2.24, 2.45) is 4.99 Å². The van der Waals surface area contributed by atoms with Crippen LogP contribution >= 0.6 is 24.0 Å². The number of guanidine groups is 1. The Morgan fingerprint density at radius 2 is 1.79 bits per heavy atom. The highest BCUT2D eigenvalue weighted by atomic mass is 127. The fourth-order valence-electron chi connectivity index (χ4n) is 2.40. The third-order valence-electron chi connectivity index (χ3n) is 3.77. The monoisotopic (exact) mass is 536 g/mol. The van der Waals surface area contributed by atoms with E-state index in [1.54, 1.807) is 19.9 Å². The minimum Gasteiger partial charge on any atom is -0.357 e. The Labute approximate surface area is 182 Å². The van der Waals surface area contributed by atoms with E-state index >= 15 is 0 Å². The van der Waals surface area contributed by atoms with Crippen molar-refractivity contribution in [3.8, 4) is 0 Å². The van der Waals surface area contributed by atoms with Crippen LogP contribution < -0.4 is 10.6 Å². The number of aliphatic imine (C=N–C) groups is 1. The first-order valence-corrected chi connectivity index (χ1v) is 10.4. The van der Waals surface area contributed by atoms with Gasteiger partial charge in [-0.25, -0.2) is 17.7 Å². The largest absolute Gasteiger partial charge is 0.416 e. The molecule has 11 heteroatoms. The smallest absolute Gasteiger partial charge is 0.357 e. The van der Waals surface area contributed by atoms with Gasteiger partial charge in [0.2, 0.25) is 10.0 Å². The highest BCUT2D eigenvalue weighted by Crippen LogP contribution is 2.29. The van der Waals surface area contributed by atoms with Gasteiger partial charge in [-0.3, -0.25) is 0 Å². The normalized spacial score (nSPS) is 12.6. The predicted molar refractivity (Wildman–Crippen MR) is 116 cm³/mol. The van der Waals surface area contributed by atoms with E-state index in [4.69, 9.17) is 0 Å². The summed E-state index contributed by atoms with van der Waals surface area (Å²) in [7, 11) is -3.36. The van der Waals surface area contributed by atoms with Crippen molar-refractivity contribution in [1.29, 1.82) is 0 Å². The maximum Gasteiger partial charge on any atom is 0.416 e. The average molecular weight is 536 g/mol. The Morgan fingerprint density at radius 1 is 1.14 bits per heavy atom. The molecule has 0 atom stereocenters. The molecule has 0 saturated heterocycles.